The molecule has 0 aliphatic heterocycles. The molecule has 2 aromatic carbocycles. The smallest absolute Gasteiger partial charge is 0.376 e. The molecule has 1 N–H and O–H groups in total. The van der Waals surface area contributed by atoms with E-state index in [1.54, 1.807) is 20.8 Å². The highest BCUT2D eigenvalue weighted by Gasteiger charge is 2.48. The van der Waals surface area contributed by atoms with Crippen molar-refractivity contribution in [2.45, 2.75) is 35.6 Å². The Morgan fingerprint density at radius 2 is 1.66 bits per heavy atom. The van der Waals surface area contributed by atoms with Crippen LogP contribution in [0, 0.1) is 0 Å². The molecule has 0 aliphatic rings. The van der Waals surface area contributed by atoms with Gasteiger partial charge in [-0.1, -0.05) is 76.8 Å². The largest absolute Gasteiger partial charge is 0.534 e. The Morgan fingerprint density at radius 1 is 1.06 bits per heavy atom. The molecule has 15 heteroatoms. The van der Waals surface area contributed by atoms with Crippen molar-refractivity contribution in [3.05, 3.63) is 64.2 Å². The van der Waals surface area contributed by atoms with Crippen LogP contribution in [-0.4, -0.2) is 35.4 Å². The minimum Gasteiger partial charge on any atom is -0.376 e. The Morgan fingerprint density at radius 3 is 2.14 bits per heavy atom. The van der Waals surface area contributed by atoms with Crippen molar-refractivity contribution in [3.8, 4) is 5.75 Å². The Balaban J connectivity index is 2.36. The van der Waals surface area contributed by atoms with E-state index in [0.717, 1.165) is 17.1 Å². The van der Waals surface area contributed by atoms with E-state index in [9.17, 15) is 26.4 Å². The van der Waals surface area contributed by atoms with Gasteiger partial charge in [0.05, 0.1) is 10.6 Å². The third kappa shape index (κ3) is 7.50. The lowest BCUT2D eigenvalue weighted by Crippen LogP contribution is -2.55. The second-order valence-corrected chi connectivity index (χ2v) is 12.6. The van der Waals surface area contributed by atoms with Gasteiger partial charge in [0.2, 0.25) is 3.79 Å². The van der Waals surface area contributed by atoms with Crippen LogP contribution in [0.15, 0.2) is 42.5 Å². The van der Waals surface area contributed by atoms with Crippen LogP contribution < -0.4 is 9.61 Å². The van der Waals surface area contributed by atoms with Crippen molar-refractivity contribution >= 4 is 79.6 Å². The highest BCUT2D eigenvalue weighted by molar-refractivity contribution is 7.88. The number of halogens is 7. The fourth-order valence-electron chi connectivity index (χ4n) is 2.54. The van der Waals surface area contributed by atoms with Gasteiger partial charge in [-0.25, -0.2) is 5.01 Å². The molecule has 0 heterocycles. The summed E-state index contributed by atoms with van der Waals surface area (Å²) in [6, 6.07) is 8.61. The van der Waals surface area contributed by atoms with Crippen LogP contribution in [0.1, 0.15) is 42.3 Å². The van der Waals surface area contributed by atoms with E-state index >= 15 is 0 Å². The normalized spacial score (nSPS) is 12.7. The van der Waals surface area contributed by atoms with Crippen molar-refractivity contribution in [2.75, 3.05) is 0 Å². The fourth-order valence-corrected chi connectivity index (χ4v) is 3.95. The predicted molar refractivity (Wildman–Crippen MR) is 133 cm³/mol. The van der Waals surface area contributed by atoms with Crippen LogP contribution in [0.5, 0.6) is 5.75 Å². The number of nitrogens with one attached hydrogen (secondary N) is 1. The number of hydrazine groups is 1. The van der Waals surface area contributed by atoms with Crippen molar-refractivity contribution in [1.82, 2.24) is 10.4 Å². The molecular weight excluding hydrogens is 595 g/mol. The lowest BCUT2D eigenvalue weighted by molar-refractivity contribution is -0.0500. The van der Waals surface area contributed by atoms with Crippen molar-refractivity contribution < 1.29 is 30.6 Å². The summed E-state index contributed by atoms with van der Waals surface area (Å²) in [4.78, 5) is 13.2. The molecule has 1 amide bonds. The zero-order valence-electron chi connectivity index (χ0n) is 18.1. The molecule has 35 heavy (non-hydrogen) atoms. The molecule has 0 aromatic heterocycles. The topological polar surface area (TPSA) is 75.7 Å². The van der Waals surface area contributed by atoms with Crippen LogP contribution >= 0.6 is 58.6 Å². The van der Waals surface area contributed by atoms with Gasteiger partial charge in [-0.3, -0.25) is 10.2 Å². The standard InChI is InChI=1S/C20H17Cl4F3N2O4S2/c1-18(2,3)29(28-16(34)14-8-7-12(10-15(14)21)19(22,23)24)17(30)11-5-4-6-13(9-11)33-35(31,32)20(25,26)27/h4-10H,1-3H3,(H,28,34). The summed E-state index contributed by atoms with van der Waals surface area (Å²) < 4.78 is 62.9. The van der Waals surface area contributed by atoms with Gasteiger partial charge in [-0.15, -0.1) is 0 Å². The monoisotopic (exact) mass is 610 g/mol. The third-order valence-electron chi connectivity index (χ3n) is 4.20. The molecule has 0 bridgehead atoms. The van der Waals surface area contributed by atoms with Gasteiger partial charge in [-0.2, -0.15) is 21.6 Å². The molecular formula is C20H17Cl4F3N2O4S2. The number of nitrogens with zero attached hydrogens (tertiary/aromatic N) is 1. The number of carbonyl (C=O) groups excluding carboxylic acids is 1. The number of alkyl halides is 6. The summed E-state index contributed by atoms with van der Waals surface area (Å²) in [6.45, 7) is 4.97. The number of benzene rings is 2. The second-order valence-electron chi connectivity index (χ2n) is 7.96. The van der Waals surface area contributed by atoms with Crippen molar-refractivity contribution in [2.24, 2.45) is 0 Å². The Kier molecular flexibility index (Phi) is 8.89. The molecule has 2 rings (SSSR count). The summed E-state index contributed by atoms with van der Waals surface area (Å²) in [7, 11) is -5.92. The van der Waals surface area contributed by atoms with Crippen LogP contribution in [0.3, 0.4) is 0 Å². The number of thiocarbonyl (C=S) groups is 1. The van der Waals surface area contributed by atoms with Gasteiger partial charge >= 0.3 is 15.6 Å². The molecule has 0 saturated carbocycles. The highest BCUT2D eigenvalue weighted by Crippen LogP contribution is 2.39. The lowest BCUT2D eigenvalue weighted by Gasteiger charge is -2.36. The molecule has 6 nitrogen and oxygen atoms in total. The number of hydrogen-bond donors (Lipinski definition) is 1. The Labute approximate surface area is 225 Å². The Hall–Kier alpha value is -1.50. The number of carbonyl (C=O) groups is 1. The molecule has 0 fully saturated rings. The zero-order valence-corrected chi connectivity index (χ0v) is 22.7. The SMILES string of the molecule is CC(C)(C)N(NC(=S)c1ccc(C(Cl)(Cl)Cl)cc1Cl)C(=O)c1cccc(OS(=O)(=O)C(F)(F)F)c1. The Bertz CT molecular complexity index is 1240. The number of amides is 1. The van der Waals surface area contributed by atoms with Gasteiger partial charge < -0.3 is 4.18 Å². The summed E-state index contributed by atoms with van der Waals surface area (Å²) in [6.07, 6.45) is 0. The third-order valence-corrected chi connectivity index (χ3v) is 6.46. The average molecular weight is 612 g/mol. The first-order chi connectivity index (χ1) is 15.7. The molecule has 0 saturated heterocycles. The summed E-state index contributed by atoms with van der Waals surface area (Å²) in [5, 5.41) is 1.23. The van der Waals surface area contributed by atoms with Crippen LogP contribution in [0.4, 0.5) is 13.2 Å². The van der Waals surface area contributed by atoms with Gasteiger partial charge in [0, 0.05) is 16.7 Å². The van der Waals surface area contributed by atoms with Crippen LogP contribution in [0.25, 0.3) is 0 Å². The fraction of sp³-hybridized carbons (Fsp3) is 0.300. The second kappa shape index (κ2) is 10.5. The molecule has 2 aromatic rings. The first kappa shape index (κ1) is 29.7. The van der Waals surface area contributed by atoms with E-state index in [4.69, 9.17) is 58.6 Å². The average Bonchev–Trinajstić information content (AvgIpc) is 2.68. The summed E-state index contributed by atoms with van der Waals surface area (Å²) in [5.74, 6) is -1.45. The highest BCUT2D eigenvalue weighted by atomic mass is 35.6. The van der Waals surface area contributed by atoms with Crippen molar-refractivity contribution in [3.63, 3.8) is 0 Å². The minimum absolute atomic E-state index is 0.0150. The maximum absolute atomic E-state index is 13.2. The molecule has 0 aliphatic carbocycles. The molecule has 192 valence electrons. The van der Waals surface area contributed by atoms with Crippen molar-refractivity contribution in [1.29, 1.82) is 0 Å². The van der Waals surface area contributed by atoms with Gasteiger partial charge in [0.25, 0.3) is 5.91 Å². The maximum atomic E-state index is 13.2. The lowest BCUT2D eigenvalue weighted by atomic mass is 10.1. The predicted octanol–water partition coefficient (Wildman–Crippen LogP) is 6.52. The van der Waals surface area contributed by atoms with E-state index in [0.29, 0.717) is 5.56 Å². The molecule has 0 atom stereocenters. The molecule has 0 unspecified atom stereocenters. The summed E-state index contributed by atoms with van der Waals surface area (Å²) >= 11 is 29.2. The molecule has 0 radical (unpaired) electrons. The number of rotatable bonds is 4. The van der Waals surface area contributed by atoms with E-state index in [2.05, 4.69) is 9.61 Å². The van der Waals surface area contributed by atoms with E-state index in [1.807, 2.05) is 0 Å². The zero-order chi connectivity index (χ0) is 27.0. The van der Waals surface area contributed by atoms with Gasteiger partial charge in [-0.05, 0) is 45.0 Å². The molecule has 0 spiro atoms. The van der Waals surface area contributed by atoms with Crippen LogP contribution in [-0.2, 0) is 13.9 Å². The van der Waals surface area contributed by atoms with E-state index in [1.165, 1.54) is 30.3 Å². The quantitative estimate of drug-likeness (QED) is 0.140. The minimum atomic E-state index is -5.92. The first-order valence-corrected chi connectivity index (χ1v) is 12.7. The van der Waals surface area contributed by atoms with Gasteiger partial charge in [0.15, 0.2) is 0 Å². The van der Waals surface area contributed by atoms with E-state index < -0.39 is 36.6 Å². The summed E-state index contributed by atoms with van der Waals surface area (Å²) in [5.41, 5.74) is -3.39. The van der Waals surface area contributed by atoms with E-state index in [-0.39, 0.29) is 21.1 Å². The first-order valence-electron chi connectivity index (χ1n) is 9.37. The van der Waals surface area contributed by atoms with Crippen LogP contribution in [0.2, 0.25) is 5.02 Å². The van der Waals surface area contributed by atoms with Gasteiger partial charge in [0.1, 0.15) is 10.7 Å². The number of hydrogen-bond acceptors (Lipinski definition) is 5. The maximum Gasteiger partial charge on any atom is 0.534 e.